The molecule has 0 aliphatic rings. The van der Waals surface area contributed by atoms with Crippen LogP contribution in [-0.4, -0.2) is 31.5 Å². The highest BCUT2D eigenvalue weighted by Crippen LogP contribution is 2.36. The van der Waals surface area contributed by atoms with Crippen LogP contribution in [0.4, 0.5) is 17.5 Å². The molecule has 2 N–H and O–H groups in total. The zero-order valence-corrected chi connectivity index (χ0v) is 18.1. The van der Waals surface area contributed by atoms with Gasteiger partial charge in [0.1, 0.15) is 11.3 Å². The maximum absolute atomic E-state index is 4.85. The van der Waals surface area contributed by atoms with E-state index in [1.165, 1.54) is 5.56 Å². The van der Waals surface area contributed by atoms with Crippen LogP contribution in [0.1, 0.15) is 12.0 Å². The number of anilines is 3. The van der Waals surface area contributed by atoms with Crippen molar-refractivity contribution in [3.8, 4) is 11.4 Å². The molecule has 158 valence electrons. The molecule has 32 heavy (non-hydrogen) atoms. The standard InChI is InChI=1S/C24H21N7S/c1-2-6-17(7-3-1)8-4-11-26-23-21-20(30-22(31-23)18-9-14-25-15-10-18)19(16-32-21)29-24-27-12-5-13-28-24/h1-3,5-7,9-10,12-16H,4,8,11H2,(H,26,30,31)(H,27,28,29). The zero-order chi connectivity index (χ0) is 21.6. The summed E-state index contributed by atoms with van der Waals surface area (Å²) in [6.07, 6.45) is 8.94. The van der Waals surface area contributed by atoms with Crippen LogP contribution in [0.2, 0.25) is 0 Å². The number of hydrogen-bond acceptors (Lipinski definition) is 8. The highest BCUT2D eigenvalue weighted by atomic mass is 32.1. The average molecular weight is 440 g/mol. The lowest BCUT2D eigenvalue weighted by Gasteiger charge is -2.10. The molecule has 1 aromatic carbocycles. The van der Waals surface area contributed by atoms with E-state index < -0.39 is 0 Å². The third-order valence-electron chi connectivity index (χ3n) is 4.94. The smallest absolute Gasteiger partial charge is 0.227 e. The van der Waals surface area contributed by atoms with E-state index in [0.29, 0.717) is 11.8 Å². The summed E-state index contributed by atoms with van der Waals surface area (Å²) < 4.78 is 1.00. The van der Waals surface area contributed by atoms with Crippen LogP contribution in [0, 0.1) is 0 Å². The van der Waals surface area contributed by atoms with Gasteiger partial charge in [-0.25, -0.2) is 19.9 Å². The lowest BCUT2D eigenvalue weighted by molar-refractivity contribution is 0.860. The van der Waals surface area contributed by atoms with Gasteiger partial charge in [-0.3, -0.25) is 4.98 Å². The molecule has 0 bridgehead atoms. The third kappa shape index (κ3) is 4.55. The Bertz CT molecular complexity index is 1290. The van der Waals surface area contributed by atoms with Crippen LogP contribution in [0.25, 0.3) is 21.6 Å². The van der Waals surface area contributed by atoms with Gasteiger partial charge >= 0.3 is 0 Å². The van der Waals surface area contributed by atoms with Crippen molar-refractivity contribution < 1.29 is 0 Å². The van der Waals surface area contributed by atoms with Crippen molar-refractivity contribution in [1.82, 2.24) is 24.9 Å². The fraction of sp³-hybridized carbons (Fsp3) is 0.125. The van der Waals surface area contributed by atoms with Crippen LogP contribution < -0.4 is 10.6 Å². The molecule has 5 rings (SSSR count). The minimum atomic E-state index is 0.536. The van der Waals surface area contributed by atoms with Gasteiger partial charge in [0.2, 0.25) is 5.95 Å². The molecule has 0 aliphatic carbocycles. The Morgan fingerprint density at radius 1 is 0.844 bits per heavy atom. The number of nitrogens with one attached hydrogen (secondary N) is 2. The van der Waals surface area contributed by atoms with Crippen LogP contribution in [0.3, 0.4) is 0 Å². The first-order valence-corrected chi connectivity index (χ1v) is 11.3. The molecule has 0 radical (unpaired) electrons. The summed E-state index contributed by atoms with van der Waals surface area (Å²) in [5.41, 5.74) is 3.96. The molecule has 8 heteroatoms. The fourth-order valence-electron chi connectivity index (χ4n) is 3.38. The Kier molecular flexibility index (Phi) is 5.93. The number of pyridine rings is 1. The predicted octanol–water partition coefficient (Wildman–Crippen LogP) is 5.33. The maximum Gasteiger partial charge on any atom is 0.227 e. The molecule has 0 saturated carbocycles. The Hall–Kier alpha value is -3.91. The SMILES string of the molecule is c1ccc(CCCNc2nc(-c3ccncc3)nc3c(Nc4ncccn4)csc23)cc1. The minimum Gasteiger partial charge on any atom is -0.369 e. The quantitative estimate of drug-likeness (QED) is 0.316. The van der Waals surface area contributed by atoms with E-state index in [1.54, 1.807) is 42.2 Å². The number of nitrogens with zero attached hydrogens (tertiary/aromatic N) is 5. The minimum absolute atomic E-state index is 0.536. The molecule has 0 fully saturated rings. The highest BCUT2D eigenvalue weighted by Gasteiger charge is 2.15. The van der Waals surface area contributed by atoms with Crippen LogP contribution in [0.15, 0.2) is 78.7 Å². The second kappa shape index (κ2) is 9.49. The van der Waals surface area contributed by atoms with Gasteiger partial charge in [-0.05, 0) is 36.6 Å². The number of rotatable bonds is 8. The van der Waals surface area contributed by atoms with Crippen molar-refractivity contribution in [1.29, 1.82) is 0 Å². The Labute approximate surface area is 189 Å². The van der Waals surface area contributed by atoms with Gasteiger partial charge in [0.05, 0.1) is 10.4 Å². The molecule has 4 aromatic heterocycles. The molecule has 0 spiro atoms. The number of fused-ring (bicyclic) bond motifs is 1. The summed E-state index contributed by atoms with van der Waals surface area (Å²) in [4.78, 5) is 22.3. The van der Waals surface area contributed by atoms with Gasteiger partial charge in [-0.2, -0.15) is 0 Å². The summed E-state index contributed by atoms with van der Waals surface area (Å²) in [5.74, 6) is 2.02. The van der Waals surface area contributed by atoms with Gasteiger partial charge in [-0.15, -0.1) is 11.3 Å². The molecule has 0 saturated heterocycles. The monoisotopic (exact) mass is 439 g/mol. The molecule has 4 heterocycles. The van der Waals surface area contributed by atoms with Crippen LogP contribution >= 0.6 is 11.3 Å². The molecule has 0 amide bonds. The van der Waals surface area contributed by atoms with Crippen molar-refractivity contribution in [2.24, 2.45) is 0 Å². The second-order valence-corrected chi connectivity index (χ2v) is 8.05. The van der Waals surface area contributed by atoms with Crippen molar-refractivity contribution in [3.05, 3.63) is 84.3 Å². The first kappa shape index (κ1) is 20.0. The van der Waals surface area contributed by atoms with Crippen molar-refractivity contribution in [2.75, 3.05) is 17.2 Å². The molecule has 5 aromatic rings. The van der Waals surface area contributed by atoms with Gasteiger partial charge in [0.25, 0.3) is 0 Å². The van der Waals surface area contributed by atoms with E-state index in [9.17, 15) is 0 Å². The number of thiophene rings is 1. The molecule has 0 aliphatic heterocycles. The average Bonchev–Trinajstić information content (AvgIpc) is 3.26. The van der Waals surface area contributed by atoms with Gasteiger partial charge in [-0.1, -0.05) is 30.3 Å². The van der Waals surface area contributed by atoms with E-state index in [0.717, 1.165) is 46.7 Å². The fourth-order valence-corrected chi connectivity index (χ4v) is 4.29. The zero-order valence-electron chi connectivity index (χ0n) is 17.3. The number of aromatic nitrogens is 5. The Morgan fingerprint density at radius 3 is 2.47 bits per heavy atom. The van der Waals surface area contributed by atoms with Gasteiger partial charge in [0, 0.05) is 42.3 Å². The van der Waals surface area contributed by atoms with Crippen molar-refractivity contribution >= 4 is 39.0 Å². The normalized spacial score (nSPS) is 10.9. The van der Waals surface area contributed by atoms with Gasteiger partial charge < -0.3 is 10.6 Å². The molecule has 7 nitrogen and oxygen atoms in total. The summed E-state index contributed by atoms with van der Waals surface area (Å²) >= 11 is 1.60. The largest absolute Gasteiger partial charge is 0.369 e. The molecular formula is C24H21N7S. The van der Waals surface area contributed by atoms with Crippen LogP contribution in [-0.2, 0) is 6.42 Å². The number of benzene rings is 1. The van der Waals surface area contributed by atoms with E-state index in [-0.39, 0.29) is 0 Å². The van der Waals surface area contributed by atoms with E-state index >= 15 is 0 Å². The van der Waals surface area contributed by atoms with E-state index in [2.05, 4.69) is 49.9 Å². The lowest BCUT2D eigenvalue weighted by Crippen LogP contribution is -2.06. The molecule has 0 unspecified atom stereocenters. The lowest BCUT2D eigenvalue weighted by atomic mass is 10.1. The van der Waals surface area contributed by atoms with E-state index in [4.69, 9.17) is 9.97 Å². The summed E-state index contributed by atoms with van der Waals surface area (Å²) in [6, 6.07) is 16.1. The number of hydrogen-bond donors (Lipinski definition) is 2. The van der Waals surface area contributed by atoms with Crippen molar-refractivity contribution in [3.63, 3.8) is 0 Å². The summed E-state index contributed by atoms with van der Waals surface area (Å²) in [7, 11) is 0. The Balaban J connectivity index is 1.44. The first-order chi connectivity index (χ1) is 15.9. The number of aryl methyl sites for hydroxylation is 1. The van der Waals surface area contributed by atoms with Gasteiger partial charge in [0.15, 0.2) is 5.82 Å². The first-order valence-electron chi connectivity index (χ1n) is 10.4. The second-order valence-electron chi connectivity index (χ2n) is 7.17. The van der Waals surface area contributed by atoms with Crippen LogP contribution in [0.5, 0.6) is 0 Å². The Morgan fingerprint density at radius 2 is 1.66 bits per heavy atom. The maximum atomic E-state index is 4.85. The molecular weight excluding hydrogens is 418 g/mol. The third-order valence-corrected chi connectivity index (χ3v) is 5.92. The predicted molar refractivity (Wildman–Crippen MR) is 129 cm³/mol. The van der Waals surface area contributed by atoms with Crippen molar-refractivity contribution in [2.45, 2.75) is 12.8 Å². The molecule has 0 atom stereocenters. The summed E-state index contributed by atoms with van der Waals surface area (Å²) in [5, 5.41) is 8.84. The summed E-state index contributed by atoms with van der Waals surface area (Å²) in [6.45, 7) is 0.819. The topological polar surface area (TPSA) is 88.5 Å². The highest BCUT2D eigenvalue weighted by molar-refractivity contribution is 7.18. The van der Waals surface area contributed by atoms with E-state index in [1.807, 2.05) is 23.6 Å².